The second kappa shape index (κ2) is 10.3. The number of hydrogen-bond acceptors (Lipinski definition) is 11. The van der Waals surface area contributed by atoms with Crippen LogP contribution in [-0.4, -0.2) is 43.5 Å². The molecule has 3 N–H and O–H groups in total. The second-order valence-electron chi connectivity index (χ2n) is 6.87. The smallest absolute Gasteiger partial charge is 0.342 e. The molecule has 178 valence electrons. The number of nitrogens with two attached hydrogens (primary N) is 1. The normalized spacial score (nSPS) is 11.2. The van der Waals surface area contributed by atoms with Gasteiger partial charge in [0.25, 0.3) is 0 Å². The number of fused-ring (bicyclic) bond motifs is 1. The van der Waals surface area contributed by atoms with Gasteiger partial charge in [-0.25, -0.2) is 27.7 Å². The summed E-state index contributed by atoms with van der Waals surface area (Å²) < 4.78 is 42.3. The van der Waals surface area contributed by atoms with Crippen LogP contribution in [0.4, 0.5) is 5.82 Å². The number of aryl methyl sites for hydroxylation is 1. The van der Waals surface area contributed by atoms with Crippen LogP contribution in [0.25, 0.3) is 11.1 Å². The Morgan fingerprint density at radius 2 is 1.88 bits per heavy atom. The van der Waals surface area contributed by atoms with Gasteiger partial charge in [-0.05, 0) is 38.1 Å². The molecule has 0 unspecified atom stereocenters. The number of nitriles is 1. The Bertz CT molecular complexity index is 1380. The number of carbonyl (C=O) groups is 2. The maximum atomic E-state index is 12.4. The molecular formula is C21H21N5O7S. The van der Waals surface area contributed by atoms with Gasteiger partial charge in [0.1, 0.15) is 17.1 Å². The van der Waals surface area contributed by atoms with Gasteiger partial charge in [-0.2, -0.15) is 10.2 Å². The summed E-state index contributed by atoms with van der Waals surface area (Å²) in [7, 11) is -3.80. The number of furan rings is 1. The van der Waals surface area contributed by atoms with E-state index in [2.05, 4.69) is 14.7 Å². The van der Waals surface area contributed by atoms with Crippen LogP contribution >= 0.6 is 0 Å². The fourth-order valence-electron chi connectivity index (χ4n) is 3.01. The molecule has 0 radical (unpaired) electrons. The lowest BCUT2D eigenvalue weighted by atomic mass is 10.2. The zero-order valence-electron chi connectivity index (χ0n) is 18.3. The summed E-state index contributed by atoms with van der Waals surface area (Å²) >= 11 is 0. The number of hydrogen-bond donors (Lipinski definition) is 2. The van der Waals surface area contributed by atoms with Crippen molar-refractivity contribution < 1.29 is 31.9 Å². The van der Waals surface area contributed by atoms with Crippen LogP contribution < -0.4 is 10.5 Å². The summed E-state index contributed by atoms with van der Waals surface area (Å²) in [5.41, 5.74) is 6.27. The van der Waals surface area contributed by atoms with E-state index < -0.39 is 22.0 Å². The predicted octanol–water partition coefficient (Wildman–Crippen LogP) is 1.84. The van der Waals surface area contributed by atoms with Crippen molar-refractivity contribution in [2.45, 2.75) is 31.8 Å². The molecule has 0 aliphatic carbocycles. The molecule has 3 aromatic rings. The molecule has 0 aliphatic heterocycles. The number of nitrogen functional groups attached to an aromatic ring is 1. The molecule has 0 bridgehead atoms. The van der Waals surface area contributed by atoms with Crippen molar-refractivity contribution >= 4 is 38.9 Å². The quantitative estimate of drug-likeness (QED) is 0.331. The highest BCUT2D eigenvalue weighted by Crippen LogP contribution is 2.29. The van der Waals surface area contributed by atoms with Crippen LogP contribution in [0.2, 0.25) is 0 Å². The summed E-state index contributed by atoms with van der Waals surface area (Å²) in [6.45, 7) is 3.04. The number of ether oxygens (including phenoxy) is 2. The first-order chi connectivity index (χ1) is 16.2. The highest BCUT2D eigenvalue weighted by molar-refractivity contribution is 7.89. The van der Waals surface area contributed by atoms with Gasteiger partial charge in [0.2, 0.25) is 15.7 Å². The van der Waals surface area contributed by atoms with Gasteiger partial charge in [-0.1, -0.05) is 0 Å². The summed E-state index contributed by atoms with van der Waals surface area (Å²) in [6, 6.07) is 6.91. The van der Waals surface area contributed by atoms with Crippen LogP contribution in [0.15, 0.2) is 33.6 Å². The average Bonchev–Trinajstić information content (AvgIpc) is 3.14. The minimum absolute atomic E-state index is 0.0213. The number of esters is 2. The van der Waals surface area contributed by atoms with Crippen LogP contribution in [0.1, 0.15) is 45.6 Å². The van der Waals surface area contributed by atoms with Crippen LogP contribution in [0.5, 0.6) is 0 Å². The van der Waals surface area contributed by atoms with E-state index in [0.29, 0.717) is 0 Å². The third-order valence-electron chi connectivity index (χ3n) is 4.54. The molecule has 0 saturated heterocycles. The number of aromatic nitrogens is 2. The van der Waals surface area contributed by atoms with Gasteiger partial charge in [0.05, 0.1) is 28.5 Å². The Morgan fingerprint density at radius 3 is 2.53 bits per heavy atom. The third-order valence-corrected chi connectivity index (χ3v) is 6.02. The average molecular weight is 487 g/mol. The first-order valence-electron chi connectivity index (χ1n) is 10.0. The fraction of sp³-hybridized carbons (Fsp3) is 0.286. The van der Waals surface area contributed by atoms with Crippen molar-refractivity contribution in [1.29, 1.82) is 5.26 Å². The van der Waals surface area contributed by atoms with Crippen molar-refractivity contribution in [2.75, 3.05) is 18.9 Å². The Balaban J connectivity index is 1.72. The SMILES string of the molecule is CCOC(=O)c1c(C)oc2nc(COC(=O)c3ccc(S(=O)(=O)NCCC#N)cc3)nc(N)c12. The summed E-state index contributed by atoms with van der Waals surface area (Å²) in [6.07, 6.45) is 0.0315. The maximum Gasteiger partial charge on any atom is 0.342 e. The van der Waals surface area contributed by atoms with E-state index in [1.807, 2.05) is 6.07 Å². The highest BCUT2D eigenvalue weighted by Gasteiger charge is 2.24. The summed E-state index contributed by atoms with van der Waals surface area (Å²) in [5.74, 6) is -1.08. The van der Waals surface area contributed by atoms with Crippen molar-refractivity contribution in [1.82, 2.24) is 14.7 Å². The van der Waals surface area contributed by atoms with Crippen LogP contribution in [0, 0.1) is 18.3 Å². The molecule has 2 heterocycles. The number of carbonyl (C=O) groups excluding carboxylic acids is 2. The third kappa shape index (κ3) is 5.30. The van der Waals surface area contributed by atoms with E-state index in [4.69, 9.17) is 24.9 Å². The Labute approximate surface area is 194 Å². The van der Waals surface area contributed by atoms with E-state index in [9.17, 15) is 18.0 Å². The van der Waals surface area contributed by atoms with Gasteiger partial charge in [-0.3, -0.25) is 0 Å². The molecule has 2 aromatic heterocycles. The van der Waals surface area contributed by atoms with Gasteiger partial charge in [0.15, 0.2) is 12.4 Å². The minimum atomic E-state index is -3.80. The van der Waals surface area contributed by atoms with Crippen LogP contribution in [-0.2, 0) is 26.1 Å². The summed E-state index contributed by atoms with van der Waals surface area (Å²) in [4.78, 5) is 32.7. The zero-order valence-corrected chi connectivity index (χ0v) is 19.1. The Morgan fingerprint density at radius 1 is 1.18 bits per heavy atom. The van der Waals surface area contributed by atoms with Gasteiger partial charge in [0, 0.05) is 13.0 Å². The first-order valence-corrected chi connectivity index (χ1v) is 11.5. The number of nitrogens with zero attached hydrogens (tertiary/aromatic N) is 3. The number of benzene rings is 1. The standard InChI is InChI=1S/C21H21N5O7S/c1-3-31-21(28)16-12(2)33-19-17(16)18(23)25-15(26-19)11-32-20(27)13-5-7-14(8-6-13)34(29,30)24-10-4-9-22/h5-8,24H,3-4,10-11H2,1-2H3,(H2,23,25,26). The Kier molecular flexibility index (Phi) is 7.44. The lowest BCUT2D eigenvalue weighted by molar-refractivity contribution is 0.0461. The lowest BCUT2D eigenvalue weighted by Crippen LogP contribution is -2.24. The van der Waals surface area contributed by atoms with E-state index in [-0.39, 0.29) is 70.7 Å². The molecule has 0 atom stereocenters. The molecule has 12 nitrogen and oxygen atoms in total. The maximum absolute atomic E-state index is 12.4. The largest absolute Gasteiger partial charge is 0.462 e. The van der Waals surface area contributed by atoms with E-state index in [1.54, 1.807) is 13.8 Å². The van der Waals surface area contributed by atoms with E-state index >= 15 is 0 Å². The monoisotopic (exact) mass is 487 g/mol. The molecule has 3 rings (SSSR count). The molecule has 0 amide bonds. The van der Waals surface area contributed by atoms with E-state index in [0.717, 1.165) is 0 Å². The summed E-state index contributed by atoms with van der Waals surface area (Å²) in [5, 5.41) is 8.72. The Hall–Kier alpha value is -4.02. The van der Waals surface area contributed by atoms with Crippen molar-refractivity contribution in [2.24, 2.45) is 0 Å². The van der Waals surface area contributed by atoms with Gasteiger partial charge >= 0.3 is 11.9 Å². The van der Waals surface area contributed by atoms with Gasteiger partial charge < -0.3 is 19.6 Å². The molecule has 1 aromatic carbocycles. The number of anilines is 1. The topological polar surface area (TPSA) is 187 Å². The molecule has 34 heavy (non-hydrogen) atoms. The van der Waals surface area contributed by atoms with Crippen LogP contribution in [0.3, 0.4) is 0 Å². The minimum Gasteiger partial charge on any atom is -0.462 e. The molecule has 0 saturated carbocycles. The number of sulfonamides is 1. The predicted molar refractivity (Wildman–Crippen MR) is 118 cm³/mol. The zero-order chi connectivity index (χ0) is 24.9. The number of rotatable bonds is 9. The molecule has 0 fully saturated rings. The van der Waals surface area contributed by atoms with Crippen molar-refractivity contribution in [3.8, 4) is 6.07 Å². The molecule has 0 spiro atoms. The molecule has 13 heteroatoms. The lowest BCUT2D eigenvalue weighted by Gasteiger charge is -2.07. The van der Waals surface area contributed by atoms with Gasteiger partial charge in [-0.15, -0.1) is 0 Å². The van der Waals surface area contributed by atoms with E-state index in [1.165, 1.54) is 24.3 Å². The first kappa shape index (κ1) is 24.6. The van der Waals surface area contributed by atoms with Crippen molar-refractivity contribution in [3.63, 3.8) is 0 Å². The van der Waals surface area contributed by atoms with Crippen molar-refractivity contribution in [3.05, 3.63) is 47.0 Å². The fourth-order valence-corrected chi connectivity index (χ4v) is 4.04. The second-order valence-corrected chi connectivity index (χ2v) is 8.63. The number of nitrogens with one attached hydrogen (secondary N) is 1. The molecule has 0 aliphatic rings. The molecular weight excluding hydrogens is 466 g/mol. The highest BCUT2D eigenvalue weighted by atomic mass is 32.2.